The zero-order valence-electron chi connectivity index (χ0n) is 16.6. The van der Waals surface area contributed by atoms with Crippen molar-refractivity contribution >= 4 is 29.3 Å². The van der Waals surface area contributed by atoms with Crippen molar-refractivity contribution in [2.75, 3.05) is 18.5 Å². The highest BCUT2D eigenvalue weighted by atomic mass is 35.5. The molecule has 0 saturated carbocycles. The van der Waals surface area contributed by atoms with Gasteiger partial charge < -0.3 is 14.8 Å². The maximum Gasteiger partial charge on any atom is 0.266 e. The molecule has 0 fully saturated rings. The molecular weight excluding hydrogens is 400 g/mol. The van der Waals surface area contributed by atoms with E-state index in [1.165, 1.54) is 6.08 Å². The van der Waals surface area contributed by atoms with Crippen LogP contribution in [0.5, 0.6) is 11.5 Å². The molecule has 2 rings (SSSR count). The van der Waals surface area contributed by atoms with Crippen LogP contribution in [0.3, 0.4) is 0 Å². The maximum atomic E-state index is 12.5. The van der Waals surface area contributed by atoms with E-state index in [4.69, 9.17) is 27.5 Å². The van der Waals surface area contributed by atoms with Crippen molar-refractivity contribution in [2.24, 2.45) is 0 Å². The van der Waals surface area contributed by atoms with E-state index in [1.54, 1.807) is 36.4 Å². The Kier molecular flexibility index (Phi) is 8.56. The molecule has 0 heterocycles. The second-order valence-electron chi connectivity index (χ2n) is 6.06. The first kappa shape index (κ1) is 22.6. The first-order chi connectivity index (χ1) is 14.5. The number of hydrogen-bond acceptors (Lipinski definition) is 4. The number of nitrogens with one attached hydrogen (secondary N) is 1. The Morgan fingerprint density at radius 3 is 2.63 bits per heavy atom. The lowest BCUT2D eigenvalue weighted by atomic mass is 10.0. The van der Waals surface area contributed by atoms with Crippen LogP contribution in [-0.4, -0.2) is 19.1 Å². The summed E-state index contributed by atoms with van der Waals surface area (Å²) in [6.45, 7) is 6.11. The summed E-state index contributed by atoms with van der Waals surface area (Å²) >= 11 is 5.85. The third-order valence-corrected chi connectivity index (χ3v) is 4.15. The SMILES string of the molecule is C#CCOc1c(CC=C)cc(/C=C(\C#N)C(=O)Nc2ccc(Cl)cc2)cc1OCC. The molecule has 0 spiro atoms. The first-order valence-corrected chi connectivity index (χ1v) is 9.55. The number of terminal acetylenes is 1. The van der Waals surface area contributed by atoms with E-state index in [2.05, 4.69) is 17.8 Å². The Morgan fingerprint density at radius 1 is 1.30 bits per heavy atom. The summed E-state index contributed by atoms with van der Waals surface area (Å²) in [6, 6.07) is 12.1. The molecule has 0 atom stereocenters. The number of benzene rings is 2. The number of rotatable bonds is 9. The molecule has 0 unspecified atom stereocenters. The Morgan fingerprint density at radius 2 is 2.03 bits per heavy atom. The lowest BCUT2D eigenvalue weighted by Gasteiger charge is -2.15. The molecule has 0 aliphatic rings. The normalized spacial score (nSPS) is 10.5. The van der Waals surface area contributed by atoms with Gasteiger partial charge in [0.25, 0.3) is 5.91 Å². The molecule has 2 aromatic rings. The summed E-state index contributed by atoms with van der Waals surface area (Å²) in [5, 5.41) is 12.7. The van der Waals surface area contributed by atoms with Crippen LogP contribution < -0.4 is 14.8 Å². The summed E-state index contributed by atoms with van der Waals surface area (Å²) in [7, 11) is 0. The first-order valence-electron chi connectivity index (χ1n) is 9.18. The van der Waals surface area contributed by atoms with Crippen LogP contribution in [0.25, 0.3) is 6.08 Å². The van der Waals surface area contributed by atoms with Gasteiger partial charge in [0.1, 0.15) is 18.2 Å². The Hall–Kier alpha value is -3.67. The molecule has 5 nitrogen and oxygen atoms in total. The molecule has 0 bridgehead atoms. The molecule has 2 aromatic carbocycles. The topological polar surface area (TPSA) is 71.3 Å². The van der Waals surface area contributed by atoms with Crippen LogP contribution in [0.2, 0.25) is 5.02 Å². The highest BCUT2D eigenvalue weighted by Crippen LogP contribution is 2.34. The zero-order valence-corrected chi connectivity index (χ0v) is 17.3. The standard InChI is InChI=1S/C24H21ClN2O3/c1-4-7-18-13-17(15-22(29-6-3)23(18)30-12-5-2)14-19(16-26)24(28)27-21-10-8-20(25)9-11-21/h2,4,8-11,13-15H,1,6-7,12H2,3H3,(H,27,28)/b19-14+. The van der Waals surface area contributed by atoms with Crippen molar-refractivity contribution in [3.05, 3.63) is 70.8 Å². The zero-order chi connectivity index (χ0) is 21.9. The highest BCUT2D eigenvalue weighted by Gasteiger charge is 2.15. The van der Waals surface area contributed by atoms with E-state index in [1.807, 2.05) is 19.1 Å². The maximum absolute atomic E-state index is 12.5. The lowest BCUT2D eigenvalue weighted by molar-refractivity contribution is -0.112. The van der Waals surface area contributed by atoms with Gasteiger partial charge in [-0.15, -0.1) is 13.0 Å². The van der Waals surface area contributed by atoms with E-state index < -0.39 is 5.91 Å². The number of nitrogens with zero attached hydrogens (tertiary/aromatic N) is 1. The fraction of sp³-hybridized carbons (Fsp3) is 0.167. The minimum absolute atomic E-state index is 0.0609. The van der Waals surface area contributed by atoms with Crippen LogP contribution in [0.4, 0.5) is 5.69 Å². The van der Waals surface area contributed by atoms with Crippen LogP contribution in [0.1, 0.15) is 18.1 Å². The molecule has 0 aliphatic carbocycles. The van der Waals surface area contributed by atoms with Gasteiger partial charge in [0, 0.05) is 16.3 Å². The van der Waals surface area contributed by atoms with E-state index in [-0.39, 0.29) is 12.2 Å². The fourth-order valence-electron chi connectivity index (χ4n) is 2.66. The fourth-order valence-corrected chi connectivity index (χ4v) is 2.79. The van der Waals surface area contributed by atoms with Crippen molar-refractivity contribution in [1.29, 1.82) is 5.26 Å². The molecule has 0 radical (unpaired) electrons. The van der Waals surface area contributed by atoms with Gasteiger partial charge in [-0.05, 0) is 61.4 Å². The van der Waals surface area contributed by atoms with E-state index in [9.17, 15) is 10.1 Å². The average Bonchev–Trinajstić information content (AvgIpc) is 2.73. The van der Waals surface area contributed by atoms with Crippen LogP contribution >= 0.6 is 11.6 Å². The van der Waals surface area contributed by atoms with Gasteiger partial charge in [0.05, 0.1) is 6.61 Å². The Labute approximate surface area is 181 Å². The summed E-state index contributed by atoms with van der Waals surface area (Å²) in [6.07, 6.45) is 9.02. The number of hydrogen-bond donors (Lipinski definition) is 1. The van der Waals surface area contributed by atoms with E-state index in [0.717, 1.165) is 5.56 Å². The van der Waals surface area contributed by atoms with Crippen molar-refractivity contribution in [1.82, 2.24) is 0 Å². The average molecular weight is 421 g/mol. The molecule has 0 saturated heterocycles. The van der Waals surface area contributed by atoms with Crippen molar-refractivity contribution in [2.45, 2.75) is 13.3 Å². The number of allylic oxidation sites excluding steroid dienone is 1. The van der Waals surface area contributed by atoms with E-state index in [0.29, 0.717) is 40.8 Å². The summed E-state index contributed by atoms with van der Waals surface area (Å²) in [4.78, 5) is 12.5. The Bertz CT molecular complexity index is 1030. The molecule has 30 heavy (non-hydrogen) atoms. The Balaban J connectivity index is 2.41. The van der Waals surface area contributed by atoms with Crippen LogP contribution in [0.15, 0.2) is 54.6 Å². The monoisotopic (exact) mass is 420 g/mol. The van der Waals surface area contributed by atoms with Crippen molar-refractivity contribution < 1.29 is 14.3 Å². The predicted octanol–water partition coefficient (Wildman–Crippen LogP) is 5.02. The van der Waals surface area contributed by atoms with Gasteiger partial charge in [-0.25, -0.2) is 0 Å². The molecule has 6 heteroatoms. The number of nitriles is 1. The highest BCUT2D eigenvalue weighted by molar-refractivity contribution is 6.30. The van der Waals surface area contributed by atoms with E-state index >= 15 is 0 Å². The largest absolute Gasteiger partial charge is 0.490 e. The number of ether oxygens (including phenoxy) is 2. The molecule has 0 aliphatic heterocycles. The summed E-state index contributed by atoms with van der Waals surface area (Å²) in [5.74, 6) is 2.91. The third kappa shape index (κ3) is 6.17. The number of carbonyl (C=O) groups excluding carboxylic acids is 1. The number of carbonyl (C=O) groups is 1. The minimum atomic E-state index is -0.532. The van der Waals surface area contributed by atoms with Crippen LogP contribution in [0, 0.1) is 23.7 Å². The number of anilines is 1. The predicted molar refractivity (Wildman–Crippen MR) is 120 cm³/mol. The molecule has 1 N–H and O–H groups in total. The second-order valence-corrected chi connectivity index (χ2v) is 6.49. The van der Waals surface area contributed by atoms with Gasteiger partial charge in [-0.2, -0.15) is 5.26 Å². The molecular formula is C24H21ClN2O3. The lowest BCUT2D eigenvalue weighted by Crippen LogP contribution is -2.13. The van der Waals surface area contributed by atoms with Gasteiger partial charge in [0.15, 0.2) is 11.5 Å². The molecule has 1 amide bonds. The van der Waals surface area contributed by atoms with Gasteiger partial charge in [0.2, 0.25) is 0 Å². The van der Waals surface area contributed by atoms with Crippen molar-refractivity contribution in [3.8, 4) is 29.9 Å². The molecule has 152 valence electrons. The smallest absolute Gasteiger partial charge is 0.266 e. The number of halogens is 1. The number of amides is 1. The minimum Gasteiger partial charge on any atom is -0.490 e. The third-order valence-electron chi connectivity index (χ3n) is 3.90. The van der Waals surface area contributed by atoms with Crippen LogP contribution in [-0.2, 0) is 11.2 Å². The van der Waals surface area contributed by atoms with Gasteiger partial charge >= 0.3 is 0 Å². The molecule has 0 aromatic heterocycles. The van der Waals surface area contributed by atoms with Gasteiger partial charge in [-0.1, -0.05) is 23.6 Å². The summed E-state index contributed by atoms with van der Waals surface area (Å²) < 4.78 is 11.4. The van der Waals surface area contributed by atoms with Crippen molar-refractivity contribution in [3.63, 3.8) is 0 Å². The summed E-state index contributed by atoms with van der Waals surface area (Å²) in [5.41, 5.74) is 1.87. The quantitative estimate of drug-likeness (QED) is 0.267. The van der Waals surface area contributed by atoms with Gasteiger partial charge in [-0.3, -0.25) is 4.79 Å². The second kappa shape index (κ2) is 11.4.